The van der Waals surface area contributed by atoms with Crippen LogP contribution in [-0.2, 0) is 16.0 Å². The molecular formula is C26H38N2O2. The summed E-state index contributed by atoms with van der Waals surface area (Å²) in [5.74, 6) is -0.309. The lowest BCUT2D eigenvalue weighted by molar-refractivity contribution is -0.128. The van der Waals surface area contributed by atoms with Gasteiger partial charge in [0.15, 0.2) is 0 Å². The normalized spacial score (nSPS) is 10.8. The molecule has 2 aromatic carbocycles. The van der Waals surface area contributed by atoms with Gasteiger partial charge >= 0.3 is 0 Å². The Labute approximate surface area is 181 Å². The SMILES string of the molecule is CCCCCCCCCCCCCC(=O)NNC(=O)Cc1cccc2ccccc12. The predicted octanol–water partition coefficient (Wildman–Crippen LogP) is 6.23. The lowest BCUT2D eigenvalue weighted by Crippen LogP contribution is -2.42. The van der Waals surface area contributed by atoms with Crippen molar-refractivity contribution in [1.29, 1.82) is 0 Å². The van der Waals surface area contributed by atoms with E-state index in [4.69, 9.17) is 0 Å². The second kappa shape index (κ2) is 14.6. The highest BCUT2D eigenvalue weighted by Crippen LogP contribution is 2.18. The fourth-order valence-corrected chi connectivity index (χ4v) is 3.82. The van der Waals surface area contributed by atoms with Crippen LogP contribution in [0.4, 0.5) is 0 Å². The fraction of sp³-hybridized carbons (Fsp3) is 0.538. The fourth-order valence-electron chi connectivity index (χ4n) is 3.82. The molecule has 0 atom stereocenters. The molecule has 0 saturated heterocycles. The lowest BCUT2D eigenvalue weighted by Gasteiger charge is -2.09. The van der Waals surface area contributed by atoms with Gasteiger partial charge in [0.25, 0.3) is 0 Å². The first kappa shape index (κ1) is 23.9. The van der Waals surface area contributed by atoms with Gasteiger partial charge in [-0.05, 0) is 22.8 Å². The highest BCUT2D eigenvalue weighted by molar-refractivity contribution is 5.90. The van der Waals surface area contributed by atoms with Crippen molar-refractivity contribution in [3.05, 3.63) is 48.0 Å². The van der Waals surface area contributed by atoms with E-state index in [1.807, 2.05) is 42.5 Å². The largest absolute Gasteiger partial charge is 0.273 e. The molecular weight excluding hydrogens is 372 g/mol. The molecule has 0 aliphatic heterocycles. The molecule has 2 amide bonds. The van der Waals surface area contributed by atoms with Gasteiger partial charge in [-0.3, -0.25) is 20.4 Å². The molecule has 0 saturated carbocycles. The predicted molar refractivity (Wildman–Crippen MR) is 125 cm³/mol. The Kier molecular flexibility index (Phi) is 11.6. The molecule has 0 unspecified atom stereocenters. The van der Waals surface area contributed by atoms with Gasteiger partial charge in [0, 0.05) is 6.42 Å². The topological polar surface area (TPSA) is 58.2 Å². The monoisotopic (exact) mass is 410 g/mol. The van der Waals surface area contributed by atoms with E-state index in [1.54, 1.807) is 0 Å². The number of benzene rings is 2. The number of carbonyl (C=O) groups is 2. The van der Waals surface area contributed by atoms with Gasteiger partial charge in [-0.1, -0.05) is 114 Å². The van der Waals surface area contributed by atoms with Gasteiger partial charge < -0.3 is 0 Å². The van der Waals surface area contributed by atoms with Crippen LogP contribution in [0.5, 0.6) is 0 Å². The summed E-state index contributed by atoms with van der Waals surface area (Å²) in [7, 11) is 0. The number of unbranched alkanes of at least 4 members (excludes halogenated alkanes) is 10. The van der Waals surface area contributed by atoms with Crippen molar-refractivity contribution in [2.24, 2.45) is 0 Å². The molecule has 2 aromatic rings. The molecule has 0 bridgehead atoms. The highest BCUT2D eigenvalue weighted by atomic mass is 16.2. The molecule has 4 nitrogen and oxygen atoms in total. The maximum atomic E-state index is 12.2. The second-order valence-electron chi connectivity index (χ2n) is 8.20. The minimum atomic E-state index is -0.196. The molecule has 0 aliphatic carbocycles. The maximum absolute atomic E-state index is 12.2. The Morgan fingerprint density at radius 2 is 1.23 bits per heavy atom. The van der Waals surface area contributed by atoms with Gasteiger partial charge in [-0.25, -0.2) is 0 Å². The van der Waals surface area contributed by atoms with Crippen LogP contribution in [-0.4, -0.2) is 11.8 Å². The first-order chi connectivity index (χ1) is 14.7. The number of nitrogens with one attached hydrogen (secondary N) is 2. The molecule has 0 spiro atoms. The van der Waals surface area contributed by atoms with Crippen molar-refractivity contribution in [3.63, 3.8) is 0 Å². The molecule has 2 N–H and O–H groups in total. The van der Waals surface area contributed by atoms with Crippen molar-refractivity contribution in [3.8, 4) is 0 Å². The molecule has 4 heteroatoms. The summed E-state index contributed by atoms with van der Waals surface area (Å²) in [6.45, 7) is 2.25. The molecule has 0 radical (unpaired) electrons. The van der Waals surface area contributed by atoms with Crippen molar-refractivity contribution in [1.82, 2.24) is 10.9 Å². The second-order valence-corrected chi connectivity index (χ2v) is 8.20. The smallest absolute Gasteiger partial charge is 0.242 e. The Bertz CT molecular complexity index is 767. The molecule has 164 valence electrons. The summed E-state index contributed by atoms with van der Waals surface area (Å²) in [6.07, 6.45) is 14.6. The van der Waals surface area contributed by atoms with E-state index < -0.39 is 0 Å². The molecule has 30 heavy (non-hydrogen) atoms. The first-order valence-corrected chi connectivity index (χ1v) is 11.7. The zero-order chi connectivity index (χ0) is 21.4. The zero-order valence-electron chi connectivity index (χ0n) is 18.6. The average Bonchev–Trinajstić information content (AvgIpc) is 2.76. The van der Waals surface area contributed by atoms with E-state index in [1.165, 1.54) is 57.8 Å². The zero-order valence-corrected chi connectivity index (χ0v) is 18.6. The average molecular weight is 411 g/mol. The number of carbonyl (C=O) groups excluding carboxylic acids is 2. The Morgan fingerprint density at radius 1 is 0.667 bits per heavy atom. The summed E-state index contributed by atoms with van der Waals surface area (Å²) in [5, 5.41) is 2.19. The van der Waals surface area contributed by atoms with Crippen LogP contribution in [0, 0.1) is 0 Å². The van der Waals surface area contributed by atoms with Gasteiger partial charge in [0.1, 0.15) is 0 Å². The number of fused-ring (bicyclic) bond motifs is 1. The van der Waals surface area contributed by atoms with Crippen LogP contribution in [0.2, 0.25) is 0 Å². The molecule has 0 aromatic heterocycles. The quantitative estimate of drug-likeness (QED) is 0.286. The third-order valence-electron chi connectivity index (χ3n) is 5.58. The van der Waals surface area contributed by atoms with Crippen LogP contribution in [0.25, 0.3) is 10.8 Å². The van der Waals surface area contributed by atoms with E-state index in [2.05, 4.69) is 17.8 Å². The summed E-state index contributed by atoms with van der Waals surface area (Å²) in [5.41, 5.74) is 6.06. The lowest BCUT2D eigenvalue weighted by atomic mass is 10.0. The van der Waals surface area contributed by atoms with Crippen LogP contribution in [0.1, 0.15) is 89.5 Å². The summed E-state index contributed by atoms with van der Waals surface area (Å²) >= 11 is 0. The number of hydrazine groups is 1. The van der Waals surface area contributed by atoms with Gasteiger partial charge in [-0.15, -0.1) is 0 Å². The molecule has 2 rings (SSSR count). The van der Waals surface area contributed by atoms with E-state index in [-0.39, 0.29) is 18.2 Å². The van der Waals surface area contributed by atoms with Gasteiger partial charge in [0.2, 0.25) is 11.8 Å². The number of amides is 2. The molecule has 0 heterocycles. The van der Waals surface area contributed by atoms with E-state index in [0.29, 0.717) is 6.42 Å². The Hall–Kier alpha value is -2.36. The van der Waals surface area contributed by atoms with Crippen molar-refractivity contribution >= 4 is 22.6 Å². The van der Waals surface area contributed by atoms with E-state index in [9.17, 15) is 9.59 Å². The standard InChI is InChI=1S/C26H38N2O2/c1-2-3-4-5-6-7-8-9-10-11-12-20-25(29)27-28-26(30)21-23-18-15-17-22-16-13-14-19-24(22)23/h13-19H,2-12,20-21H2,1H3,(H,27,29)(H,28,30). The summed E-state index contributed by atoms with van der Waals surface area (Å²) < 4.78 is 0. The van der Waals surface area contributed by atoms with Crippen molar-refractivity contribution < 1.29 is 9.59 Å². The molecule has 0 aliphatic rings. The van der Waals surface area contributed by atoms with Crippen LogP contribution >= 0.6 is 0 Å². The first-order valence-electron chi connectivity index (χ1n) is 11.7. The van der Waals surface area contributed by atoms with Crippen LogP contribution in [0.15, 0.2) is 42.5 Å². The summed E-state index contributed by atoms with van der Waals surface area (Å²) in [6, 6.07) is 14.0. The molecule has 0 fully saturated rings. The number of rotatable bonds is 14. The highest BCUT2D eigenvalue weighted by Gasteiger charge is 2.08. The van der Waals surface area contributed by atoms with Crippen LogP contribution < -0.4 is 10.9 Å². The summed E-state index contributed by atoms with van der Waals surface area (Å²) in [4.78, 5) is 24.1. The number of hydrogen-bond acceptors (Lipinski definition) is 2. The van der Waals surface area contributed by atoms with E-state index in [0.717, 1.165) is 29.2 Å². The maximum Gasteiger partial charge on any atom is 0.242 e. The van der Waals surface area contributed by atoms with Crippen molar-refractivity contribution in [2.75, 3.05) is 0 Å². The van der Waals surface area contributed by atoms with Crippen LogP contribution in [0.3, 0.4) is 0 Å². The third-order valence-corrected chi connectivity index (χ3v) is 5.58. The Morgan fingerprint density at radius 3 is 1.93 bits per heavy atom. The Balaban J connectivity index is 1.51. The minimum Gasteiger partial charge on any atom is -0.273 e. The van der Waals surface area contributed by atoms with Gasteiger partial charge in [0.05, 0.1) is 6.42 Å². The minimum absolute atomic E-state index is 0.114. The van der Waals surface area contributed by atoms with Gasteiger partial charge in [-0.2, -0.15) is 0 Å². The number of hydrogen-bond donors (Lipinski definition) is 2. The van der Waals surface area contributed by atoms with E-state index >= 15 is 0 Å². The van der Waals surface area contributed by atoms with Crippen molar-refractivity contribution in [2.45, 2.75) is 90.4 Å². The third kappa shape index (κ3) is 9.43.